The predicted molar refractivity (Wildman–Crippen MR) is 137 cm³/mol. The van der Waals surface area contributed by atoms with Gasteiger partial charge in [-0.3, -0.25) is 9.97 Å². The quantitative estimate of drug-likeness (QED) is 0.323. The molecule has 0 aliphatic carbocycles. The third kappa shape index (κ3) is 5.14. The van der Waals surface area contributed by atoms with Crippen LogP contribution in [0.2, 0.25) is 0 Å². The Hall–Kier alpha value is -3.46. The Morgan fingerprint density at radius 2 is 0.970 bits per heavy atom. The summed E-state index contributed by atoms with van der Waals surface area (Å²) < 4.78 is 6.30. The first-order chi connectivity index (χ1) is 15.6. The zero-order chi connectivity index (χ0) is 23.6. The zero-order valence-electron chi connectivity index (χ0n) is 20.4. The van der Waals surface area contributed by atoms with Crippen LogP contribution >= 0.6 is 0 Å². The van der Waals surface area contributed by atoms with Gasteiger partial charge in [0.2, 0.25) is 0 Å². The Morgan fingerprint density at radius 1 is 0.545 bits per heavy atom. The summed E-state index contributed by atoms with van der Waals surface area (Å²) in [6.45, 7) is 13.3. The van der Waals surface area contributed by atoms with Crippen LogP contribution in [0, 0.1) is 0 Å². The van der Waals surface area contributed by atoms with Crippen molar-refractivity contribution in [1.29, 1.82) is 0 Å². The molecule has 2 heterocycles. The summed E-state index contributed by atoms with van der Waals surface area (Å²) >= 11 is 0. The molecular weight excluding hydrogens is 404 g/mol. The van der Waals surface area contributed by atoms with Gasteiger partial charge in [-0.1, -0.05) is 77.9 Å². The van der Waals surface area contributed by atoms with E-state index >= 15 is 0 Å². The van der Waals surface area contributed by atoms with Gasteiger partial charge in [-0.25, -0.2) is 0 Å². The second-order valence-corrected chi connectivity index (χ2v) is 10.5. The van der Waals surface area contributed by atoms with Gasteiger partial charge in [0.25, 0.3) is 0 Å². The monoisotopic (exact) mass is 436 g/mol. The van der Waals surface area contributed by atoms with E-state index in [2.05, 4.69) is 87.9 Å². The summed E-state index contributed by atoms with van der Waals surface area (Å²) in [7, 11) is 0. The van der Waals surface area contributed by atoms with Crippen LogP contribution in [0.3, 0.4) is 0 Å². The molecule has 0 unspecified atom stereocenters. The molecule has 0 saturated carbocycles. The molecule has 0 aliphatic rings. The maximum Gasteiger partial charge on any atom is 0.128 e. The molecule has 0 aliphatic heterocycles. The van der Waals surface area contributed by atoms with Gasteiger partial charge in [0.15, 0.2) is 0 Å². The molecule has 0 spiro atoms. The molecule has 3 nitrogen and oxygen atoms in total. The molecule has 3 heteroatoms. The van der Waals surface area contributed by atoms with Crippen molar-refractivity contribution in [3.63, 3.8) is 0 Å². The SMILES string of the molecule is CC(C)(C)c1cccnc1-c1cccc(Oc2cccc(-c3ncccc3C(C)(C)C)c2)c1. The lowest BCUT2D eigenvalue weighted by molar-refractivity contribution is 0.483. The van der Waals surface area contributed by atoms with E-state index < -0.39 is 0 Å². The van der Waals surface area contributed by atoms with Crippen LogP contribution in [-0.4, -0.2) is 9.97 Å². The second-order valence-electron chi connectivity index (χ2n) is 10.5. The van der Waals surface area contributed by atoms with Crippen LogP contribution in [0.15, 0.2) is 85.2 Å². The topological polar surface area (TPSA) is 35.0 Å². The second kappa shape index (κ2) is 8.82. The first kappa shape index (κ1) is 22.7. The predicted octanol–water partition coefficient (Wildman–Crippen LogP) is 8.20. The largest absolute Gasteiger partial charge is 0.457 e. The fourth-order valence-corrected chi connectivity index (χ4v) is 4.03. The van der Waals surface area contributed by atoms with E-state index in [0.717, 1.165) is 34.0 Å². The average Bonchev–Trinajstić information content (AvgIpc) is 2.78. The van der Waals surface area contributed by atoms with Crippen molar-refractivity contribution < 1.29 is 4.74 Å². The smallest absolute Gasteiger partial charge is 0.128 e. The highest BCUT2D eigenvalue weighted by atomic mass is 16.5. The molecule has 33 heavy (non-hydrogen) atoms. The van der Waals surface area contributed by atoms with Crippen LogP contribution in [0.1, 0.15) is 52.7 Å². The molecule has 168 valence electrons. The standard InChI is InChI=1S/C30H32N2O/c1-29(2,3)25-15-9-17-31-27(25)21-11-7-13-23(19-21)33-24-14-8-12-22(20-24)28-26(30(4,5)6)16-10-18-32-28/h7-20H,1-6H3. The number of ether oxygens (including phenoxy) is 1. The number of benzene rings is 2. The van der Waals surface area contributed by atoms with Crippen molar-refractivity contribution in [2.75, 3.05) is 0 Å². The Bertz CT molecular complexity index is 1160. The summed E-state index contributed by atoms with van der Waals surface area (Å²) in [4.78, 5) is 9.37. The summed E-state index contributed by atoms with van der Waals surface area (Å²) in [5, 5.41) is 0. The summed E-state index contributed by atoms with van der Waals surface area (Å²) in [5.74, 6) is 1.57. The number of rotatable bonds is 4. The number of hydrogen-bond acceptors (Lipinski definition) is 3. The van der Waals surface area contributed by atoms with Crippen molar-refractivity contribution in [3.05, 3.63) is 96.3 Å². The Labute approximate surface area is 197 Å². The molecule has 2 aromatic heterocycles. The van der Waals surface area contributed by atoms with Crippen molar-refractivity contribution in [2.45, 2.75) is 52.4 Å². The molecule has 0 N–H and O–H groups in total. The van der Waals surface area contributed by atoms with Gasteiger partial charge < -0.3 is 4.74 Å². The Morgan fingerprint density at radius 3 is 1.36 bits per heavy atom. The fourth-order valence-electron chi connectivity index (χ4n) is 4.03. The average molecular weight is 437 g/mol. The fraction of sp³-hybridized carbons (Fsp3) is 0.267. The van der Waals surface area contributed by atoms with Gasteiger partial charge in [0.1, 0.15) is 11.5 Å². The summed E-state index contributed by atoms with van der Waals surface area (Å²) in [6, 6.07) is 24.6. The van der Waals surface area contributed by atoms with Crippen LogP contribution < -0.4 is 4.74 Å². The number of aromatic nitrogens is 2. The molecule has 0 fully saturated rings. The summed E-state index contributed by atoms with van der Waals surface area (Å²) in [5.41, 5.74) is 6.52. The number of hydrogen-bond donors (Lipinski definition) is 0. The van der Waals surface area contributed by atoms with E-state index in [0.29, 0.717) is 0 Å². The van der Waals surface area contributed by atoms with Crippen molar-refractivity contribution >= 4 is 0 Å². The van der Waals surface area contributed by atoms with E-state index in [-0.39, 0.29) is 10.8 Å². The lowest BCUT2D eigenvalue weighted by atomic mass is 9.84. The third-order valence-corrected chi connectivity index (χ3v) is 5.68. The zero-order valence-corrected chi connectivity index (χ0v) is 20.4. The van der Waals surface area contributed by atoms with Crippen molar-refractivity contribution in [2.24, 2.45) is 0 Å². The van der Waals surface area contributed by atoms with Crippen LogP contribution in [0.25, 0.3) is 22.5 Å². The highest BCUT2D eigenvalue weighted by molar-refractivity contribution is 5.68. The normalized spacial score (nSPS) is 11.9. The molecule has 0 bridgehead atoms. The summed E-state index contributed by atoms with van der Waals surface area (Å²) in [6.07, 6.45) is 3.70. The highest BCUT2D eigenvalue weighted by Crippen LogP contribution is 2.35. The van der Waals surface area contributed by atoms with Crippen molar-refractivity contribution in [1.82, 2.24) is 9.97 Å². The number of pyridine rings is 2. The van der Waals surface area contributed by atoms with E-state index in [1.807, 2.05) is 48.8 Å². The van der Waals surface area contributed by atoms with Gasteiger partial charge >= 0.3 is 0 Å². The molecule has 0 saturated heterocycles. The molecule has 4 aromatic rings. The molecular formula is C30H32N2O. The lowest BCUT2D eigenvalue weighted by Gasteiger charge is -2.22. The van der Waals surface area contributed by atoms with E-state index in [4.69, 9.17) is 4.74 Å². The lowest BCUT2D eigenvalue weighted by Crippen LogP contribution is -2.13. The van der Waals surface area contributed by atoms with Gasteiger partial charge in [-0.15, -0.1) is 0 Å². The first-order valence-corrected chi connectivity index (χ1v) is 11.4. The van der Waals surface area contributed by atoms with Gasteiger partial charge in [0.05, 0.1) is 11.4 Å². The molecule has 0 radical (unpaired) electrons. The van der Waals surface area contributed by atoms with Gasteiger partial charge in [-0.2, -0.15) is 0 Å². The Balaban J connectivity index is 1.67. The Kier molecular flexibility index (Phi) is 6.07. The molecule has 4 rings (SSSR count). The van der Waals surface area contributed by atoms with Crippen LogP contribution in [0.5, 0.6) is 11.5 Å². The minimum Gasteiger partial charge on any atom is -0.457 e. The molecule has 2 aromatic carbocycles. The highest BCUT2D eigenvalue weighted by Gasteiger charge is 2.21. The van der Waals surface area contributed by atoms with E-state index in [9.17, 15) is 0 Å². The van der Waals surface area contributed by atoms with E-state index in [1.165, 1.54) is 11.1 Å². The van der Waals surface area contributed by atoms with Gasteiger partial charge in [-0.05, 0) is 58.4 Å². The van der Waals surface area contributed by atoms with Crippen molar-refractivity contribution in [3.8, 4) is 34.0 Å². The third-order valence-electron chi connectivity index (χ3n) is 5.68. The maximum absolute atomic E-state index is 6.30. The van der Waals surface area contributed by atoms with E-state index in [1.54, 1.807) is 0 Å². The van der Waals surface area contributed by atoms with Crippen LogP contribution in [0.4, 0.5) is 0 Å². The minimum absolute atomic E-state index is 0.00221. The maximum atomic E-state index is 6.30. The number of nitrogens with zero attached hydrogens (tertiary/aromatic N) is 2. The van der Waals surface area contributed by atoms with Crippen LogP contribution in [-0.2, 0) is 10.8 Å². The first-order valence-electron chi connectivity index (χ1n) is 11.4. The minimum atomic E-state index is 0.00221. The van der Waals surface area contributed by atoms with Gasteiger partial charge in [0, 0.05) is 23.5 Å². The molecule has 0 amide bonds. The molecule has 0 atom stereocenters.